The lowest BCUT2D eigenvalue weighted by Crippen LogP contribution is -2.34. The van der Waals surface area contributed by atoms with Crippen LogP contribution < -0.4 is 5.32 Å². The van der Waals surface area contributed by atoms with Gasteiger partial charge in [-0.25, -0.2) is 0 Å². The van der Waals surface area contributed by atoms with E-state index in [0.717, 1.165) is 17.7 Å². The molecule has 1 aromatic carbocycles. The molecule has 2 N–H and O–H groups in total. The second kappa shape index (κ2) is 6.37. The van der Waals surface area contributed by atoms with E-state index in [4.69, 9.17) is 0 Å². The van der Waals surface area contributed by atoms with Crippen molar-refractivity contribution < 1.29 is 14.7 Å². The summed E-state index contributed by atoms with van der Waals surface area (Å²) < 4.78 is 0. The van der Waals surface area contributed by atoms with Gasteiger partial charge in [0.2, 0.25) is 5.91 Å². The summed E-state index contributed by atoms with van der Waals surface area (Å²) in [5, 5.41) is 12.1. The molecule has 0 unspecified atom stereocenters. The number of carboxylic acids is 1. The van der Waals surface area contributed by atoms with Gasteiger partial charge in [-0.15, -0.1) is 0 Å². The van der Waals surface area contributed by atoms with E-state index >= 15 is 0 Å². The molecule has 0 saturated carbocycles. The van der Waals surface area contributed by atoms with Crippen molar-refractivity contribution in [3.63, 3.8) is 0 Å². The molecule has 0 heterocycles. The standard InChI is InChI=1S/C16H19NO3/c1-2-11-7-3-6-10-14(11)17-15(18)12-8-4-5-9-13(12)16(19)20/h3-7,10,12-13H,2,8-9H2,1H3,(H,17,18)(H,19,20)/t12-,13-/m1/s1. The van der Waals surface area contributed by atoms with E-state index in [9.17, 15) is 14.7 Å². The Labute approximate surface area is 118 Å². The summed E-state index contributed by atoms with van der Waals surface area (Å²) >= 11 is 0. The Hall–Kier alpha value is -2.10. The molecule has 4 heteroatoms. The number of allylic oxidation sites excluding steroid dienone is 2. The Morgan fingerprint density at radius 1 is 1.20 bits per heavy atom. The summed E-state index contributed by atoms with van der Waals surface area (Å²) in [5.74, 6) is -2.24. The highest BCUT2D eigenvalue weighted by atomic mass is 16.4. The molecule has 2 atom stereocenters. The molecule has 1 aromatic rings. The van der Waals surface area contributed by atoms with Gasteiger partial charge in [0.1, 0.15) is 0 Å². The maximum Gasteiger partial charge on any atom is 0.307 e. The minimum Gasteiger partial charge on any atom is -0.481 e. The molecule has 0 fully saturated rings. The predicted octanol–water partition coefficient (Wildman–Crippen LogP) is 2.85. The van der Waals surface area contributed by atoms with Gasteiger partial charge in [-0.2, -0.15) is 0 Å². The number of benzene rings is 1. The largest absolute Gasteiger partial charge is 0.481 e. The lowest BCUT2D eigenvalue weighted by molar-refractivity contribution is -0.146. The number of para-hydroxylation sites is 1. The van der Waals surface area contributed by atoms with Crippen LogP contribution in [0.3, 0.4) is 0 Å². The number of carbonyl (C=O) groups is 2. The van der Waals surface area contributed by atoms with E-state index in [-0.39, 0.29) is 5.91 Å². The first-order chi connectivity index (χ1) is 9.63. The van der Waals surface area contributed by atoms with Crippen molar-refractivity contribution in [3.05, 3.63) is 42.0 Å². The highest BCUT2D eigenvalue weighted by Crippen LogP contribution is 2.27. The van der Waals surface area contributed by atoms with Gasteiger partial charge in [0.05, 0.1) is 11.8 Å². The van der Waals surface area contributed by atoms with Crippen molar-refractivity contribution in [1.29, 1.82) is 0 Å². The highest BCUT2D eigenvalue weighted by molar-refractivity contribution is 5.96. The van der Waals surface area contributed by atoms with E-state index in [1.54, 1.807) is 0 Å². The number of hydrogen-bond donors (Lipinski definition) is 2. The molecule has 20 heavy (non-hydrogen) atoms. The van der Waals surface area contributed by atoms with Crippen LogP contribution >= 0.6 is 0 Å². The first-order valence-electron chi connectivity index (χ1n) is 6.90. The average molecular weight is 273 g/mol. The zero-order chi connectivity index (χ0) is 14.5. The van der Waals surface area contributed by atoms with Gasteiger partial charge in [0, 0.05) is 5.69 Å². The van der Waals surface area contributed by atoms with Crippen LogP contribution in [0.5, 0.6) is 0 Å². The Balaban J connectivity index is 2.14. The minimum absolute atomic E-state index is 0.206. The fourth-order valence-corrected chi connectivity index (χ4v) is 2.55. The summed E-state index contributed by atoms with van der Waals surface area (Å²) in [6.45, 7) is 2.02. The van der Waals surface area contributed by atoms with Gasteiger partial charge in [-0.3, -0.25) is 9.59 Å². The fraction of sp³-hybridized carbons (Fsp3) is 0.375. The van der Waals surface area contributed by atoms with Crippen molar-refractivity contribution >= 4 is 17.6 Å². The summed E-state index contributed by atoms with van der Waals surface area (Å²) in [4.78, 5) is 23.6. The molecule has 0 aliphatic heterocycles. The van der Waals surface area contributed by atoms with Crippen molar-refractivity contribution in [2.45, 2.75) is 26.2 Å². The van der Waals surface area contributed by atoms with Crippen LogP contribution in [0.2, 0.25) is 0 Å². The topological polar surface area (TPSA) is 66.4 Å². The maximum atomic E-state index is 12.3. The van der Waals surface area contributed by atoms with Gasteiger partial charge in [-0.1, -0.05) is 37.3 Å². The average Bonchev–Trinajstić information content (AvgIpc) is 2.47. The molecule has 0 aromatic heterocycles. The van der Waals surface area contributed by atoms with Crippen molar-refractivity contribution in [3.8, 4) is 0 Å². The summed E-state index contributed by atoms with van der Waals surface area (Å²) in [7, 11) is 0. The van der Waals surface area contributed by atoms with E-state index in [1.165, 1.54) is 0 Å². The monoisotopic (exact) mass is 273 g/mol. The summed E-state index contributed by atoms with van der Waals surface area (Å²) in [6.07, 6.45) is 5.45. The number of anilines is 1. The molecular weight excluding hydrogens is 254 g/mol. The Morgan fingerprint density at radius 2 is 1.85 bits per heavy atom. The number of aryl methyl sites for hydroxylation is 1. The Morgan fingerprint density at radius 3 is 2.50 bits per heavy atom. The summed E-state index contributed by atoms with van der Waals surface area (Å²) in [5.41, 5.74) is 1.83. The number of carbonyl (C=O) groups excluding carboxylic acids is 1. The molecule has 1 aliphatic carbocycles. The van der Waals surface area contributed by atoms with Gasteiger partial charge >= 0.3 is 5.97 Å². The molecule has 1 aliphatic rings. The Bertz CT molecular complexity index is 536. The van der Waals surface area contributed by atoms with Crippen LogP contribution in [0.25, 0.3) is 0 Å². The van der Waals surface area contributed by atoms with Crippen molar-refractivity contribution in [2.24, 2.45) is 11.8 Å². The van der Waals surface area contributed by atoms with E-state index < -0.39 is 17.8 Å². The third-order valence-electron chi connectivity index (χ3n) is 3.74. The predicted molar refractivity (Wildman–Crippen MR) is 77.4 cm³/mol. The number of aliphatic carboxylic acids is 1. The zero-order valence-corrected chi connectivity index (χ0v) is 11.5. The molecule has 0 bridgehead atoms. The fourth-order valence-electron chi connectivity index (χ4n) is 2.55. The SMILES string of the molecule is CCc1ccccc1NC(=O)[C@@H]1CC=CC[C@H]1C(=O)O. The highest BCUT2D eigenvalue weighted by Gasteiger charge is 2.34. The zero-order valence-electron chi connectivity index (χ0n) is 11.5. The second-order valence-electron chi connectivity index (χ2n) is 4.99. The molecule has 4 nitrogen and oxygen atoms in total. The first-order valence-corrected chi connectivity index (χ1v) is 6.90. The number of carboxylic acid groups (broad SMARTS) is 1. The third kappa shape index (κ3) is 3.07. The van der Waals surface area contributed by atoms with E-state index in [0.29, 0.717) is 12.8 Å². The van der Waals surface area contributed by atoms with E-state index in [1.807, 2.05) is 43.3 Å². The second-order valence-corrected chi connectivity index (χ2v) is 4.99. The van der Waals surface area contributed by atoms with Crippen LogP contribution in [-0.4, -0.2) is 17.0 Å². The van der Waals surface area contributed by atoms with Crippen LogP contribution in [0.1, 0.15) is 25.3 Å². The first kappa shape index (κ1) is 14.3. The smallest absolute Gasteiger partial charge is 0.307 e. The molecule has 0 spiro atoms. The van der Waals surface area contributed by atoms with Crippen molar-refractivity contribution in [2.75, 3.05) is 5.32 Å². The molecule has 106 valence electrons. The lowest BCUT2D eigenvalue weighted by Gasteiger charge is -2.24. The maximum absolute atomic E-state index is 12.3. The van der Waals surface area contributed by atoms with Gasteiger partial charge < -0.3 is 10.4 Å². The van der Waals surface area contributed by atoms with E-state index in [2.05, 4.69) is 5.32 Å². The third-order valence-corrected chi connectivity index (χ3v) is 3.74. The lowest BCUT2D eigenvalue weighted by atomic mass is 9.82. The molecule has 0 saturated heterocycles. The van der Waals surface area contributed by atoms with Gasteiger partial charge in [0.15, 0.2) is 0 Å². The van der Waals surface area contributed by atoms with Crippen LogP contribution in [0.4, 0.5) is 5.69 Å². The van der Waals surface area contributed by atoms with Crippen LogP contribution in [0.15, 0.2) is 36.4 Å². The number of nitrogens with one attached hydrogen (secondary N) is 1. The molecule has 0 radical (unpaired) electrons. The normalized spacial score (nSPS) is 21.4. The molecular formula is C16H19NO3. The molecule has 1 amide bonds. The number of rotatable bonds is 4. The van der Waals surface area contributed by atoms with Gasteiger partial charge in [0.25, 0.3) is 0 Å². The minimum atomic E-state index is -0.904. The van der Waals surface area contributed by atoms with Crippen LogP contribution in [-0.2, 0) is 16.0 Å². The van der Waals surface area contributed by atoms with Gasteiger partial charge in [-0.05, 0) is 30.9 Å². The quantitative estimate of drug-likeness (QED) is 0.829. The Kier molecular flexibility index (Phi) is 4.56. The van der Waals surface area contributed by atoms with Crippen LogP contribution in [0, 0.1) is 11.8 Å². The number of amides is 1. The number of hydrogen-bond acceptors (Lipinski definition) is 2. The molecule has 2 rings (SSSR count). The van der Waals surface area contributed by atoms with Crippen molar-refractivity contribution in [1.82, 2.24) is 0 Å². The summed E-state index contributed by atoms with van der Waals surface area (Å²) in [6, 6.07) is 7.61.